The van der Waals surface area contributed by atoms with E-state index in [4.69, 9.17) is 0 Å². The van der Waals surface area contributed by atoms with Crippen molar-refractivity contribution in [3.05, 3.63) is 69.2 Å². The van der Waals surface area contributed by atoms with Crippen molar-refractivity contribution in [2.75, 3.05) is 0 Å². The van der Waals surface area contributed by atoms with Crippen LogP contribution < -0.4 is 0 Å². The van der Waals surface area contributed by atoms with E-state index in [0.29, 0.717) is 0 Å². The smallest absolute Gasteiger partial charge is 0.202 e. The summed E-state index contributed by atoms with van der Waals surface area (Å²) < 4.78 is 0.976. The maximum absolute atomic E-state index is 11.4. The molecule has 0 bridgehead atoms. The van der Waals surface area contributed by atoms with Crippen LogP contribution in [0, 0.1) is 18.8 Å². The van der Waals surface area contributed by atoms with Gasteiger partial charge in [0.25, 0.3) is 0 Å². The number of Topliss-reactive ketones (excluding diaryl/α,β-unsaturated/α-hetero) is 2. The van der Waals surface area contributed by atoms with Crippen LogP contribution in [0.1, 0.15) is 29.2 Å². The molecule has 0 aliphatic carbocycles. The summed E-state index contributed by atoms with van der Waals surface area (Å²) in [5, 5.41) is 0. The molecule has 0 aliphatic rings. The highest BCUT2D eigenvalue weighted by Gasteiger charge is 2.08. The monoisotopic (exact) mass is 354 g/mol. The lowest BCUT2D eigenvalue weighted by Gasteiger charge is -1.99. The summed E-state index contributed by atoms with van der Waals surface area (Å²) in [6, 6.07) is 13.4. The summed E-state index contributed by atoms with van der Waals surface area (Å²) in [5.41, 5.74) is 3.80. The van der Waals surface area contributed by atoms with Gasteiger partial charge in [0.2, 0.25) is 5.78 Å². The molecule has 0 unspecified atom stereocenters. The van der Waals surface area contributed by atoms with Crippen molar-refractivity contribution in [1.29, 1.82) is 0 Å². The van der Waals surface area contributed by atoms with Gasteiger partial charge in [-0.15, -0.1) is 0 Å². The van der Waals surface area contributed by atoms with Gasteiger partial charge in [0, 0.05) is 28.9 Å². The molecule has 0 radical (unpaired) electrons. The van der Waals surface area contributed by atoms with E-state index in [-0.39, 0.29) is 12.2 Å². The van der Waals surface area contributed by atoms with Gasteiger partial charge in [0.05, 0.1) is 0 Å². The third kappa shape index (κ3) is 4.41. The summed E-state index contributed by atoms with van der Waals surface area (Å²) in [5.74, 6) is 5.43. The zero-order valence-corrected chi connectivity index (χ0v) is 14.0. The summed E-state index contributed by atoms with van der Waals surface area (Å²) >= 11 is 3.50. The standard InChI is InChI=1S/C19H15BrO2/c1-13-3-9-17(18(20)11-13)10-8-15-4-6-16(7-5-15)12-19(22)14(2)21/h3-7,9,11H,12H2,1-2H3. The maximum Gasteiger partial charge on any atom is 0.202 e. The van der Waals surface area contributed by atoms with Gasteiger partial charge < -0.3 is 0 Å². The molecule has 0 heterocycles. The summed E-state index contributed by atoms with van der Waals surface area (Å²) in [4.78, 5) is 22.3. The third-order valence-electron chi connectivity index (χ3n) is 3.18. The Hall–Kier alpha value is -2.18. The number of hydrogen-bond acceptors (Lipinski definition) is 2. The molecule has 0 aromatic heterocycles. The molecule has 2 aromatic carbocycles. The molecule has 0 atom stereocenters. The molecular formula is C19H15BrO2. The zero-order valence-electron chi connectivity index (χ0n) is 12.4. The van der Waals surface area contributed by atoms with Gasteiger partial charge in [-0.2, -0.15) is 0 Å². The van der Waals surface area contributed by atoms with Gasteiger partial charge in [-0.25, -0.2) is 0 Å². The van der Waals surface area contributed by atoms with Crippen LogP contribution in [-0.2, 0) is 16.0 Å². The number of hydrogen-bond donors (Lipinski definition) is 0. The van der Waals surface area contributed by atoms with Crippen LogP contribution in [0.5, 0.6) is 0 Å². The Morgan fingerprint density at radius 3 is 2.32 bits per heavy atom. The largest absolute Gasteiger partial charge is 0.291 e. The number of benzene rings is 2. The minimum atomic E-state index is -0.409. The van der Waals surface area contributed by atoms with Crippen LogP contribution in [0.3, 0.4) is 0 Å². The van der Waals surface area contributed by atoms with Crippen molar-refractivity contribution in [3.63, 3.8) is 0 Å². The van der Waals surface area contributed by atoms with Gasteiger partial charge in [0.1, 0.15) is 0 Å². The first-order valence-corrected chi connectivity index (χ1v) is 7.66. The fourth-order valence-electron chi connectivity index (χ4n) is 1.88. The van der Waals surface area contributed by atoms with Crippen molar-refractivity contribution in [3.8, 4) is 11.8 Å². The van der Waals surface area contributed by atoms with Gasteiger partial charge in [-0.05, 0) is 58.2 Å². The maximum atomic E-state index is 11.4. The first-order chi connectivity index (χ1) is 10.5. The summed E-state index contributed by atoms with van der Waals surface area (Å²) in [6.07, 6.45) is 0.145. The Morgan fingerprint density at radius 1 is 1.05 bits per heavy atom. The normalized spacial score (nSPS) is 9.77. The predicted octanol–water partition coefficient (Wildman–Crippen LogP) is 3.86. The average molecular weight is 355 g/mol. The van der Waals surface area contributed by atoms with Crippen molar-refractivity contribution < 1.29 is 9.59 Å². The molecule has 2 nitrogen and oxygen atoms in total. The van der Waals surface area contributed by atoms with E-state index in [1.165, 1.54) is 12.5 Å². The first-order valence-electron chi connectivity index (χ1n) is 6.86. The van der Waals surface area contributed by atoms with Gasteiger partial charge >= 0.3 is 0 Å². The number of halogens is 1. The lowest BCUT2D eigenvalue weighted by atomic mass is 10.0. The molecule has 22 heavy (non-hydrogen) atoms. The average Bonchev–Trinajstić information content (AvgIpc) is 2.47. The Balaban J connectivity index is 2.13. The molecule has 0 amide bonds. The molecule has 3 heteroatoms. The Labute approximate surface area is 138 Å². The number of carbonyl (C=O) groups is 2. The molecule has 110 valence electrons. The fourth-order valence-corrected chi connectivity index (χ4v) is 2.47. The predicted molar refractivity (Wildman–Crippen MR) is 90.7 cm³/mol. The van der Waals surface area contributed by atoms with Crippen LogP contribution in [0.2, 0.25) is 0 Å². The second-order valence-electron chi connectivity index (χ2n) is 5.09. The number of aryl methyl sites for hydroxylation is 1. The Bertz CT molecular complexity index is 777. The van der Waals surface area contributed by atoms with Crippen LogP contribution in [0.4, 0.5) is 0 Å². The van der Waals surface area contributed by atoms with Gasteiger partial charge in [0.15, 0.2) is 5.78 Å². The van der Waals surface area contributed by atoms with E-state index in [0.717, 1.165) is 21.2 Å². The molecule has 0 spiro atoms. The molecule has 0 N–H and O–H groups in total. The second kappa shape index (κ2) is 7.20. The lowest BCUT2D eigenvalue weighted by molar-refractivity contribution is -0.134. The van der Waals surface area contributed by atoms with Crippen molar-refractivity contribution in [1.82, 2.24) is 0 Å². The van der Waals surface area contributed by atoms with E-state index in [9.17, 15) is 9.59 Å². The highest BCUT2D eigenvalue weighted by Crippen LogP contribution is 2.17. The van der Waals surface area contributed by atoms with Crippen LogP contribution in [0.15, 0.2) is 46.9 Å². The highest BCUT2D eigenvalue weighted by molar-refractivity contribution is 9.10. The van der Waals surface area contributed by atoms with Crippen molar-refractivity contribution in [2.45, 2.75) is 20.3 Å². The third-order valence-corrected chi connectivity index (χ3v) is 3.83. The number of carbonyl (C=O) groups excluding carboxylic acids is 2. The number of ketones is 2. The second-order valence-corrected chi connectivity index (χ2v) is 5.94. The summed E-state index contributed by atoms with van der Waals surface area (Å²) in [6.45, 7) is 3.32. The molecule has 0 saturated carbocycles. The van der Waals surface area contributed by atoms with E-state index in [2.05, 4.69) is 27.8 Å². The zero-order chi connectivity index (χ0) is 16.1. The minimum Gasteiger partial charge on any atom is -0.291 e. The minimum absolute atomic E-state index is 0.145. The van der Waals surface area contributed by atoms with Gasteiger partial charge in [-0.3, -0.25) is 9.59 Å². The van der Waals surface area contributed by atoms with Crippen LogP contribution in [-0.4, -0.2) is 11.6 Å². The van der Waals surface area contributed by atoms with Crippen LogP contribution >= 0.6 is 15.9 Å². The van der Waals surface area contributed by atoms with E-state index in [1.807, 2.05) is 49.4 Å². The Morgan fingerprint density at radius 2 is 1.73 bits per heavy atom. The topological polar surface area (TPSA) is 34.1 Å². The van der Waals surface area contributed by atoms with Crippen molar-refractivity contribution >= 4 is 27.5 Å². The quantitative estimate of drug-likeness (QED) is 0.619. The van der Waals surface area contributed by atoms with E-state index < -0.39 is 5.78 Å². The van der Waals surface area contributed by atoms with Crippen LogP contribution in [0.25, 0.3) is 0 Å². The van der Waals surface area contributed by atoms with Gasteiger partial charge in [-0.1, -0.05) is 30.0 Å². The van der Waals surface area contributed by atoms with E-state index >= 15 is 0 Å². The number of rotatable bonds is 3. The molecule has 0 fully saturated rings. The molecule has 2 aromatic rings. The molecule has 0 aliphatic heterocycles. The Kier molecular flexibility index (Phi) is 5.30. The van der Waals surface area contributed by atoms with E-state index in [1.54, 1.807) is 0 Å². The molecule has 0 saturated heterocycles. The highest BCUT2D eigenvalue weighted by atomic mass is 79.9. The fraction of sp³-hybridized carbons (Fsp3) is 0.158. The lowest BCUT2D eigenvalue weighted by Crippen LogP contribution is -2.12. The first kappa shape index (κ1) is 16.2. The molecular weight excluding hydrogens is 340 g/mol. The van der Waals surface area contributed by atoms with Crippen molar-refractivity contribution in [2.24, 2.45) is 0 Å². The molecule has 2 rings (SSSR count). The summed E-state index contributed by atoms with van der Waals surface area (Å²) in [7, 11) is 0. The SMILES string of the molecule is CC(=O)C(=O)Cc1ccc(C#Cc2ccc(C)cc2Br)cc1.